The standard InChI is InChI=1S/C21H21Cl2N5O3S/c1-3-28-18(11-24-20(30)16-9-4-13(22)10-17(16)23)26-27-21(28)32-12-19(29)25-14-5-7-15(31-2)8-6-14/h4-10H,3,11-12H2,1-2H3,(H,24,30)(H,25,29). The van der Waals surface area contributed by atoms with Crippen LogP contribution in [0, 0.1) is 0 Å². The molecular formula is C21H21Cl2N5O3S. The molecule has 1 heterocycles. The average molecular weight is 494 g/mol. The number of nitrogens with zero attached hydrogens (tertiary/aromatic N) is 3. The van der Waals surface area contributed by atoms with Crippen molar-refractivity contribution in [3.8, 4) is 5.75 Å². The van der Waals surface area contributed by atoms with Crippen LogP contribution in [0.1, 0.15) is 23.1 Å². The Morgan fingerprint density at radius 2 is 1.88 bits per heavy atom. The van der Waals surface area contributed by atoms with Crippen molar-refractivity contribution in [1.82, 2.24) is 20.1 Å². The van der Waals surface area contributed by atoms with E-state index in [1.54, 1.807) is 43.5 Å². The largest absolute Gasteiger partial charge is 0.497 e. The lowest BCUT2D eigenvalue weighted by Gasteiger charge is -2.09. The summed E-state index contributed by atoms with van der Waals surface area (Å²) in [5.41, 5.74) is 1.00. The van der Waals surface area contributed by atoms with Crippen molar-refractivity contribution in [2.75, 3.05) is 18.2 Å². The third-order valence-electron chi connectivity index (χ3n) is 4.40. The van der Waals surface area contributed by atoms with Crippen LogP contribution in [-0.2, 0) is 17.9 Å². The zero-order valence-electron chi connectivity index (χ0n) is 17.4. The van der Waals surface area contributed by atoms with Gasteiger partial charge in [-0.2, -0.15) is 0 Å². The van der Waals surface area contributed by atoms with E-state index >= 15 is 0 Å². The number of ether oxygens (including phenoxy) is 1. The van der Waals surface area contributed by atoms with Gasteiger partial charge in [0, 0.05) is 17.3 Å². The molecule has 168 valence electrons. The Morgan fingerprint density at radius 3 is 2.53 bits per heavy atom. The topological polar surface area (TPSA) is 98.1 Å². The number of nitrogens with one attached hydrogen (secondary N) is 2. The number of hydrogen-bond donors (Lipinski definition) is 2. The fraction of sp³-hybridized carbons (Fsp3) is 0.238. The van der Waals surface area contributed by atoms with E-state index in [-0.39, 0.29) is 29.1 Å². The number of thioether (sulfide) groups is 1. The van der Waals surface area contributed by atoms with Gasteiger partial charge in [0.15, 0.2) is 11.0 Å². The Balaban J connectivity index is 1.56. The van der Waals surface area contributed by atoms with Crippen LogP contribution in [0.15, 0.2) is 47.6 Å². The molecule has 8 nitrogen and oxygen atoms in total. The number of carbonyl (C=O) groups is 2. The van der Waals surface area contributed by atoms with Crippen LogP contribution in [0.5, 0.6) is 5.75 Å². The summed E-state index contributed by atoms with van der Waals surface area (Å²) in [5, 5.41) is 15.2. The smallest absolute Gasteiger partial charge is 0.253 e. The number of benzene rings is 2. The SMILES string of the molecule is CCn1c(CNC(=O)c2ccc(Cl)cc2Cl)nnc1SCC(=O)Nc1ccc(OC)cc1. The summed E-state index contributed by atoms with van der Waals surface area (Å²) in [4.78, 5) is 24.7. The van der Waals surface area contributed by atoms with Gasteiger partial charge in [-0.1, -0.05) is 35.0 Å². The molecular weight excluding hydrogens is 473 g/mol. The molecule has 2 aromatic carbocycles. The molecule has 11 heteroatoms. The molecule has 0 spiro atoms. The monoisotopic (exact) mass is 493 g/mol. The molecule has 0 atom stereocenters. The van der Waals surface area contributed by atoms with Crippen molar-refractivity contribution >= 4 is 52.5 Å². The van der Waals surface area contributed by atoms with Crippen molar-refractivity contribution in [1.29, 1.82) is 0 Å². The van der Waals surface area contributed by atoms with Crippen molar-refractivity contribution in [2.45, 2.75) is 25.2 Å². The van der Waals surface area contributed by atoms with Gasteiger partial charge in [-0.25, -0.2) is 0 Å². The highest BCUT2D eigenvalue weighted by molar-refractivity contribution is 7.99. The summed E-state index contributed by atoms with van der Waals surface area (Å²) in [6, 6.07) is 11.8. The van der Waals surface area contributed by atoms with Crippen LogP contribution in [0.2, 0.25) is 10.0 Å². The lowest BCUT2D eigenvalue weighted by molar-refractivity contribution is -0.113. The molecule has 0 saturated carbocycles. The molecule has 2 amide bonds. The van der Waals surface area contributed by atoms with E-state index in [1.165, 1.54) is 17.8 Å². The van der Waals surface area contributed by atoms with Gasteiger partial charge in [-0.05, 0) is 49.4 Å². The van der Waals surface area contributed by atoms with Crippen molar-refractivity contribution in [2.24, 2.45) is 0 Å². The number of rotatable bonds is 9. The molecule has 0 fully saturated rings. The first-order valence-electron chi connectivity index (χ1n) is 9.63. The van der Waals surface area contributed by atoms with Crippen molar-refractivity contribution in [3.05, 3.63) is 63.9 Å². The minimum atomic E-state index is -0.342. The van der Waals surface area contributed by atoms with Crippen LogP contribution in [-0.4, -0.2) is 39.4 Å². The molecule has 32 heavy (non-hydrogen) atoms. The second kappa shape index (κ2) is 11.2. The Labute approximate surface area is 199 Å². The highest BCUT2D eigenvalue weighted by atomic mass is 35.5. The first-order valence-corrected chi connectivity index (χ1v) is 11.4. The highest BCUT2D eigenvalue weighted by Crippen LogP contribution is 2.22. The van der Waals surface area contributed by atoms with E-state index in [0.717, 1.165) is 0 Å². The van der Waals surface area contributed by atoms with Gasteiger partial charge >= 0.3 is 0 Å². The molecule has 3 aromatic rings. The number of halogens is 2. The van der Waals surface area contributed by atoms with Crippen LogP contribution < -0.4 is 15.4 Å². The number of methoxy groups -OCH3 is 1. The first kappa shape index (κ1) is 23.9. The second-order valence-corrected chi connectivity index (χ2v) is 8.30. The quantitative estimate of drug-likeness (QED) is 0.431. The summed E-state index contributed by atoms with van der Waals surface area (Å²) in [6.07, 6.45) is 0. The molecule has 0 unspecified atom stereocenters. The molecule has 0 aliphatic rings. The Hall–Kier alpha value is -2.75. The minimum Gasteiger partial charge on any atom is -0.497 e. The Kier molecular flexibility index (Phi) is 8.38. The van der Waals surface area contributed by atoms with Crippen molar-refractivity contribution < 1.29 is 14.3 Å². The molecule has 0 radical (unpaired) electrons. The normalized spacial score (nSPS) is 10.6. The summed E-state index contributed by atoms with van der Waals surface area (Å²) in [7, 11) is 1.58. The highest BCUT2D eigenvalue weighted by Gasteiger charge is 2.16. The van der Waals surface area contributed by atoms with Crippen molar-refractivity contribution in [3.63, 3.8) is 0 Å². The van der Waals surface area contributed by atoms with E-state index in [9.17, 15) is 9.59 Å². The summed E-state index contributed by atoms with van der Waals surface area (Å²) in [6.45, 7) is 2.69. The zero-order chi connectivity index (χ0) is 23.1. The molecule has 0 bridgehead atoms. The molecule has 0 saturated heterocycles. The van der Waals surface area contributed by atoms with E-state index in [0.29, 0.717) is 39.5 Å². The molecule has 0 aliphatic carbocycles. The van der Waals surface area contributed by atoms with E-state index in [2.05, 4.69) is 20.8 Å². The predicted molar refractivity (Wildman–Crippen MR) is 126 cm³/mol. The predicted octanol–water partition coefficient (Wildman–Crippen LogP) is 4.27. The average Bonchev–Trinajstić information content (AvgIpc) is 3.18. The van der Waals surface area contributed by atoms with E-state index in [4.69, 9.17) is 27.9 Å². The fourth-order valence-electron chi connectivity index (χ4n) is 2.80. The Bertz CT molecular complexity index is 1110. The van der Waals surface area contributed by atoms with E-state index in [1.807, 2.05) is 11.5 Å². The van der Waals surface area contributed by atoms with Gasteiger partial charge in [0.1, 0.15) is 5.75 Å². The number of hydrogen-bond acceptors (Lipinski definition) is 6. The number of amides is 2. The third kappa shape index (κ3) is 6.15. The summed E-state index contributed by atoms with van der Waals surface area (Å²) in [5.74, 6) is 0.940. The van der Waals surface area contributed by atoms with Crippen LogP contribution >= 0.6 is 35.0 Å². The fourth-order valence-corrected chi connectivity index (χ4v) is 4.12. The molecule has 0 aliphatic heterocycles. The maximum Gasteiger partial charge on any atom is 0.253 e. The maximum atomic E-state index is 12.4. The van der Waals surface area contributed by atoms with Gasteiger partial charge in [0.2, 0.25) is 5.91 Å². The van der Waals surface area contributed by atoms with Gasteiger partial charge in [0.05, 0.1) is 30.0 Å². The lowest BCUT2D eigenvalue weighted by atomic mass is 10.2. The number of anilines is 1. The second-order valence-electron chi connectivity index (χ2n) is 6.52. The third-order valence-corrected chi connectivity index (χ3v) is 5.91. The van der Waals surface area contributed by atoms with E-state index < -0.39 is 0 Å². The molecule has 1 aromatic heterocycles. The van der Waals surface area contributed by atoms with Crippen LogP contribution in [0.4, 0.5) is 5.69 Å². The number of aromatic nitrogens is 3. The first-order chi connectivity index (χ1) is 15.4. The summed E-state index contributed by atoms with van der Waals surface area (Å²) < 4.78 is 6.95. The molecule has 2 N–H and O–H groups in total. The van der Waals surface area contributed by atoms with Gasteiger partial charge < -0.3 is 19.9 Å². The van der Waals surface area contributed by atoms with Crippen LogP contribution in [0.3, 0.4) is 0 Å². The van der Waals surface area contributed by atoms with Gasteiger partial charge in [0.25, 0.3) is 5.91 Å². The zero-order valence-corrected chi connectivity index (χ0v) is 19.7. The van der Waals surface area contributed by atoms with Gasteiger partial charge in [-0.3, -0.25) is 9.59 Å². The maximum absolute atomic E-state index is 12.4. The van der Waals surface area contributed by atoms with Gasteiger partial charge in [-0.15, -0.1) is 10.2 Å². The minimum absolute atomic E-state index is 0.164. The lowest BCUT2D eigenvalue weighted by Crippen LogP contribution is -2.25. The summed E-state index contributed by atoms with van der Waals surface area (Å²) >= 11 is 13.2. The van der Waals surface area contributed by atoms with Crippen LogP contribution in [0.25, 0.3) is 0 Å². The number of carbonyl (C=O) groups excluding carboxylic acids is 2. The molecule has 3 rings (SSSR count). The Morgan fingerprint density at radius 1 is 1.12 bits per heavy atom.